The van der Waals surface area contributed by atoms with Crippen molar-refractivity contribution in [2.75, 3.05) is 4.90 Å². The molecular formula is C27H24N4S2. The number of aryl methyl sites for hydroxylation is 4. The Kier molecular flexibility index (Phi) is 5.79. The lowest BCUT2D eigenvalue weighted by atomic mass is 10.1. The van der Waals surface area contributed by atoms with Gasteiger partial charge < -0.3 is 0 Å². The van der Waals surface area contributed by atoms with Crippen LogP contribution < -0.4 is 4.90 Å². The molecule has 0 spiro atoms. The highest BCUT2D eigenvalue weighted by Gasteiger charge is 2.17. The summed E-state index contributed by atoms with van der Waals surface area (Å²) in [6.07, 6.45) is 0. The molecule has 4 nitrogen and oxygen atoms in total. The first-order valence-corrected chi connectivity index (χ1v) is 12.4. The van der Waals surface area contributed by atoms with Crippen LogP contribution in [0, 0.1) is 27.7 Å². The zero-order valence-corrected chi connectivity index (χ0v) is 20.7. The molecule has 0 amide bonds. The maximum absolute atomic E-state index is 4.66. The van der Waals surface area contributed by atoms with Gasteiger partial charge in [0.1, 0.15) is 11.6 Å². The predicted octanol–water partition coefficient (Wildman–Crippen LogP) is 8.03. The van der Waals surface area contributed by atoms with Crippen LogP contribution in [0.25, 0.3) is 20.9 Å². The molecule has 0 N–H and O–H groups in total. The van der Waals surface area contributed by atoms with E-state index in [4.69, 9.17) is 0 Å². The summed E-state index contributed by atoms with van der Waals surface area (Å²) in [5.74, 6) is 2.04. The van der Waals surface area contributed by atoms with Crippen molar-refractivity contribution in [1.82, 2.24) is 15.0 Å². The van der Waals surface area contributed by atoms with Gasteiger partial charge in [-0.25, -0.2) is 4.98 Å². The third-order valence-electron chi connectivity index (χ3n) is 5.35. The van der Waals surface area contributed by atoms with Gasteiger partial charge in [0.2, 0.25) is 5.95 Å². The summed E-state index contributed by atoms with van der Waals surface area (Å²) in [5.41, 5.74) is 4.44. The second-order valence-corrected chi connectivity index (χ2v) is 10.6. The highest BCUT2D eigenvalue weighted by Crippen LogP contribution is 2.36. The molecule has 0 atom stereocenters. The smallest absolute Gasteiger partial charge is 0.238 e. The standard InChI is InChI=1S/C27H24N4S2/c1-17-5-15-25(32-17)21-7-11-23(12-8-21)31(27-29-19(3)28-20(4)30-27)24-13-9-22(10-14-24)26-16-6-18(2)33-26/h5-16H,1-4H3. The monoisotopic (exact) mass is 468 g/mol. The Bertz CT molecular complexity index is 1300. The molecular weight excluding hydrogens is 444 g/mol. The number of anilines is 3. The largest absolute Gasteiger partial charge is 0.279 e. The number of hydrogen-bond acceptors (Lipinski definition) is 6. The fraction of sp³-hybridized carbons (Fsp3) is 0.148. The summed E-state index contributed by atoms with van der Waals surface area (Å²) >= 11 is 3.61. The van der Waals surface area contributed by atoms with Crippen LogP contribution in [0.4, 0.5) is 17.3 Å². The van der Waals surface area contributed by atoms with Crippen LogP contribution in [0.1, 0.15) is 21.4 Å². The minimum Gasteiger partial charge on any atom is -0.279 e. The Balaban J connectivity index is 1.56. The minimum atomic E-state index is 0.624. The summed E-state index contributed by atoms with van der Waals surface area (Å²) in [4.78, 5) is 21.0. The number of aromatic nitrogens is 3. The van der Waals surface area contributed by atoms with Crippen molar-refractivity contribution in [3.63, 3.8) is 0 Å². The van der Waals surface area contributed by atoms with E-state index in [1.165, 1.54) is 30.6 Å². The molecule has 0 radical (unpaired) electrons. The third-order valence-corrected chi connectivity index (χ3v) is 7.45. The van der Waals surface area contributed by atoms with Gasteiger partial charge in [-0.2, -0.15) is 9.97 Å². The van der Waals surface area contributed by atoms with Crippen LogP contribution in [0.5, 0.6) is 0 Å². The van der Waals surface area contributed by atoms with E-state index in [9.17, 15) is 0 Å². The first-order valence-electron chi connectivity index (χ1n) is 10.8. The van der Waals surface area contributed by atoms with E-state index in [1.54, 1.807) is 0 Å². The average molecular weight is 469 g/mol. The van der Waals surface area contributed by atoms with Crippen molar-refractivity contribution in [2.45, 2.75) is 27.7 Å². The minimum absolute atomic E-state index is 0.624. The lowest BCUT2D eigenvalue weighted by Gasteiger charge is -2.24. The van der Waals surface area contributed by atoms with Gasteiger partial charge in [-0.05, 0) is 87.4 Å². The molecule has 5 rings (SSSR count). The molecule has 0 unspecified atom stereocenters. The van der Waals surface area contributed by atoms with Crippen LogP contribution >= 0.6 is 22.7 Å². The highest BCUT2D eigenvalue weighted by molar-refractivity contribution is 7.15. The first-order chi connectivity index (χ1) is 16.0. The number of thiophene rings is 2. The van der Waals surface area contributed by atoms with Crippen LogP contribution in [-0.2, 0) is 0 Å². The number of rotatable bonds is 5. The van der Waals surface area contributed by atoms with Crippen molar-refractivity contribution in [1.29, 1.82) is 0 Å². The SMILES string of the molecule is Cc1nc(C)nc(N(c2ccc(-c3ccc(C)s3)cc2)c2ccc(-c3ccc(C)s3)cc2)n1. The second kappa shape index (κ2) is 8.89. The lowest BCUT2D eigenvalue weighted by Crippen LogP contribution is -2.15. The van der Waals surface area contributed by atoms with E-state index in [2.05, 4.69) is 106 Å². The summed E-state index contributed by atoms with van der Waals surface area (Å²) in [6.45, 7) is 8.08. The Morgan fingerprint density at radius 3 is 1.30 bits per heavy atom. The number of benzene rings is 2. The van der Waals surface area contributed by atoms with Gasteiger partial charge in [-0.15, -0.1) is 22.7 Å². The lowest BCUT2D eigenvalue weighted by molar-refractivity contribution is 0.906. The molecule has 3 heterocycles. The summed E-state index contributed by atoms with van der Waals surface area (Å²) in [6, 6.07) is 25.9. The Hall–Kier alpha value is -3.35. The molecule has 0 saturated heterocycles. The predicted molar refractivity (Wildman–Crippen MR) is 140 cm³/mol. The maximum atomic E-state index is 4.66. The maximum Gasteiger partial charge on any atom is 0.238 e. The van der Waals surface area contributed by atoms with Gasteiger partial charge in [0, 0.05) is 30.9 Å². The van der Waals surface area contributed by atoms with Crippen LogP contribution in [0.2, 0.25) is 0 Å². The average Bonchev–Trinajstić information content (AvgIpc) is 3.43. The number of nitrogens with zero attached hydrogens (tertiary/aromatic N) is 4. The van der Waals surface area contributed by atoms with E-state index >= 15 is 0 Å². The van der Waals surface area contributed by atoms with Gasteiger partial charge >= 0.3 is 0 Å². The molecule has 3 aromatic heterocycles. The summed E-state index contributed by atoms with van der Waals surface area (Å²) < 4.78 is 0. The molecule has 0 saturated carbocycles. The van der Waals surface area contributed by atoms with E-state index in [0.717, 1.165) is 11.4 Å². The number of hydrogen-bond donors (Lipinski definition) is 0. The molecule has 0 aliphatic carbocycles. The molecule has 164 valence electrons. The molecule has 0 fully saturated rings. The van der Waals surface area contributed by atoms with Crippen LogP contribution in [0.15, 0.2) is 72.8 Å². The highest BCUT2D eigenvalue weighted by atomic mass is 32.1. The van der Waals surface area contributed by atoms with E-state index in [-0.39, 0.29) is 0 Å². The van der Waals surface area contributed by atoms with Crippen molar-refractivity contribution in [3.8, 4) is 20.9 Å². The Labute approximate surface area is 202 Å². The van der Waals surface area contributed by atoms with Gasteiger partial charge in [-0.3, -0.25) is 4.90 Å². The van der Waals surface area contributed by atoms with Crippen molar-refractivity contribution < 1.29 is 0 Å². The van der Waals surface area contributed by atoms with Gasteiger partial charge in [0.25, 0.3) is 0 Å². The fourth-order valence-electron chi connectivity index (χ4n) is 3.81. The summed E-state index contributed by atoms with van der Waals surface area (Å²) in [7, 11) is 0. The molecule has 0 aliphatic rings. The molecule has 2 aromatic carbocycles. The van der Waals surface area contributed by atoms with E-state index < -0.39 is 0 Å². The normalized spacial score (nSPS) is 11.0. The van der Waals surface area contributed by atoms with Crippen molar-refractivity contribution in [3.05, 3.63) is 94.2 Å². The molecule has 6 heteroatoms. The zero-order chi connectivity index (χ0) is 22.9. The van der Waals surface area contributed by atoms with Crippen molar-refractivity contribution in [2.24, 2.45) is 0 Å². The Morgan fingerprint density at radius 2 is 0.939 bits per heavy atom. The molecule has 33 heavy (non-hydrogen) atoms. The zero-order valence-electron chi connectivity index (χ0n) is 19.0. The molecule has 0 bridgehead atoms. The Morgan fingerprint density at radius 1 is 0.515 bits per heavy atom. The first kappa shape index (κ1) is 21.5. The van der Waals surface area contributed by atoms with Crippen LogP contribution in [0.3, 0.4) is 0 Å². The van der Waals surface area contributed by atoms with Gasteiger partial charge in [0.05, 0.1) is 0 Å². The van der Waals surface area contributed by atoms with E-state index in [0.29, 0.717) is 17.6 Å². The fourth-order valence-corrected chi connectivity index (χ4v) is 5.55. The summed E-state index contributed by atoms with van der Waals surface area (Å²) in [5, 5.41) is 0. The second-order valence-electron chi connectivity index (χ2n) is 7.98. The van der Waals surface area contributed by atoms with E-state index in [1.807, 2.05) is 36.5 Å². The van der Waals surface area contributed by atoms with Crippen LogP contribution in [-0.4, -0.2) is 15.0 Å². The molecule has 5 aromatic rings. The van der Waals surface area contributed by atoms with Gasteiger partial charge in [-0.1, -0.05) is 24.3 Å². The topological polar surface area (TPSA) is 41.9 Å². The third kappa shape index (κ3) is 4.58. The quantitative estimate of drug-likeness (QED) is 0.262. The van der Waals surface area contributed by atoms with Gasteiger partial charge in [0.15, 0.2) is 0 Å². The molecule has 0 aliphatic heterocycles. The van der Waals surface area contributed by atoms with Crippen molar-refractivity contribution >= 4 is 40.0 Å².